The summed E-state index contributed by atoms with van der Waals surface area (Å²) in [4.78, 5) is 19.8. The van der Waals surface area contributed by atoms with E-state index in [2.05, 4.69) is 0 Å². The summed E-state index contributed by atoms with van der Waals surface area (Å²) >= 11 is 0. The third-order valence-corrected chi connectivity index (χ3v) is 1.20. The molecule has 0 spiro atoms. The maximum absolute atomic E-state index is 9.98. The summed E-state index contributed by atoms with van der Waals surface area (Å²) < 4.78 is 0. The maximum Gasteiger partial charge on any atom is 1.00 e. The molecule has 0 heterocycles. The topological polar surface area (TPSA) is 106 Å². The van der Waals surface area contributed by atoms with Crippen LogP contribution in [-0.4, -0.2) is 18.0 Å². The van der Waals surface area contributed by atoms with E-state index in [1.165, 1.54) is 0 Å². The number of rotatable bonds is 5. The van der Waals surface area contributed by atoms with Crippen LogP contribution in [0, 0.1) is 0 Å². The molecule has 0 amide bonds. The number of aliphatic carboxylic acids is 2. The molecule has 64 valence electrons. The molecule has 0 aliphatic rings. The van der Waals surface area contributed by atoms with Crippen molar-refractivity contribution in [1.29, 1.82) is 0 Å². The molecular formula is C6H9NNa2O4. The molecule has 2 N–H and O–H groups in total. The van der Waals surface area contributed by atoms with Crippen LogP contribution >= 0.6 is 0 Å². The number of nitrogens with two attached hydrogens (primary N) is 1. The van der Waals surface area contributed by atoms with Gasteiger partial charge in [-0.2, -0.15) is 0 Å². The van der Waals surface area contributed by atoms with E-state index < -0.39 is 18.0 Å². The molecule has 0 radical (unpaired) electrons. The van der Waals surface area contributed by atoms with Crippen molar-refractivity contribution < 1.29 is 78.9 Å². The molecule has 0 aliphatic carbocycles. The molecule has 0 bridgehead atoms. The van der Waals surface area contributed by atoms with Gasteiger partial charge in [0.05, 0.1) is 5.97 Å². The normalized spacial score (nSPS) is 10.5. The molecule has 0 aliphatic heterocycles. The van der Waals surface area contributed by atoms with E-state index in [1.807, 2.05) is 0 Å². The SMILES string of the molecule is NC(CCCC(=O)[O-])C(=O)[O-].[Na+].[Na+]. The van der Waals surface area contributed by atoms with Gasteiger partial charge in [0.25, 0.3) is 0 Å². The van der Waals surface area contributed by atoms with Gasteiger partial charge < -0.3 is 25.5 Å². The third kappa shape index (κ3) is 12.9. The standard InChI is InChI=1S/C6H11NO4.2Na/c7-4(6(10)11)2-1-3-5(8)9;;/h4H,1-3,7H2,(H,8,9)(H,10,11);;/q;2*+1/p-2. The van der Waals surface area contributed by atoms with E-state index in [0.717, 1.165) is 0 Å². The Hall–Kier alpha value is 0.900. The average molecular weight is 205 g/mol. The van der Waals surface area contributed by atoms with Gasteiger partial charge in [-0.15, -0.1) is 0 Å². The Morgan fingerprint density at radius 1 is 1.23 bits per heavy atom. The third-order valence-electron chi connectivity index (χ3n) is 1.20. The fourth-order valence-electron chi connectivity index (χ4n) is 0.584. The second-order valence-corrected chi connectivity index (χ2v) is 2.19. The van der Waals surface area contributed by atoms with E-state index in [9.17, 15) is 19.8 Å². The predicted octanol–water partition coefficient (Wildman–Crippen LogP) is -9.01. The van der Waals surface area contributed by atoms with Crippen LogP contribution in [0.4, 0.5) is 0 Å². The zero-order valence-corrected chi connectivity index (χ0v) is 11.9. The van der Waals surface area contributed by atoms with Crippen LogP contribution < -0.4 is 75.1 Å². The summed E-state index contributed by atoms with van der Waals surface area (Å²) in [6.45, 7) is 0. The van der Waals surface area contributed by atoms with Crippen molar-refractivity contribution >= 4 is 11.9 Å². The van der Waals surface area contributed by atoms with Crippen molar-refractivity contribution in [2.24, 2.45) is 5.73 Å². The fourth-order valence-corrected chi connectivity index (χ4v) is 0.584. The maximum atomic E-state index is 9.98. The number of carboxylic acid groups (broad SMARTS) is 2. The Balaban J connectivity index is -0.000000500. The summed E-state index contributed by atoms with van der Waals surface area (Å²) in [7, 11) is 0. The monoisotopic (exact) mass is 205 g/mol. The van der Waals surface area contributed by atoms with E-state index in [1.54, 1.807) is 0 Å². The molecule has 1 unspecified atom stereocenters. The van der Waals surface area contributed by atoms with Crippen LogP contribution in [0.5, 0.6) is 0 Å². The number of carboxylic acids is 2. The summed E-state index contributed by atoms with van der Waals surface area (Å²) in [5, 5.41) is 19.8. The van der Waals surface area contributed by atoms with Gasteiger partial charge in [0, 0.05) is 12.0 Å². The fraction of sp³-hybridized carbons (Fsp3) is 0.667. The first-order valence-electron chi connectivity index (χ1n) is 3.20. The molecule has 0 aromatic heterocycles. The van der Waals surface area contributed by atoms with Crippen molar-refractivity contribution in [3.8, 4) is 0 Å². The second-order valence-electron chi connectivity index (χ2n) is 2.19. The van der Waals surface area contributed by atoms with Gasteiger partial charge >= 0.3 is 59.1 Å². The largest absolute Gasteiger partial charge is 1.00 e. The van der Waals surface area contributed by atoms with E-state index in [0.29, 0.717) is 0 Å². The Kier molecular flexibility index (Phi) is 16.4. The summed E-state index contributed by atoms with van der Waals surface area (Å²) in [5.41, 5.74) is 5.03. The van der Waals surface area contributed by atoms with E-state index in [-0.39, 0.29) is 78.4 Å². The van der Waals surface area contributed by atoms with Crippen molar-refractivity contribution in [3.63, 3.8) is 0 Å². The van der Waals surface area contributed by atoms with E-state index in [4.69, 9.17) is 5.73 Å². The second kappa shape index (κ2) is 11.0. The Bertz CT molecular complexity index is 165. The zero-order valence-electron chi connectivity index (χ0n) is 7.91. The quantitative estimate of drug-likeness (QED) is 0.448. The molecule has 0 aromatic rings. The Morgan fingerprint density at radius 2 is 1.69 bits per heavy atom. The van der Waals surface area contributed by atoms with Gasteiger partial charge in [-0.3, -0.25) is 0 Å². The molecule has 0 saturated heterocycles. The van der Waals surface area contributed by atoms with Gasteiger partial charge in [-0.25, -0.2) is 0 Å². The molecule has 7 heteroatoms. The smallest absolute Gasteiger partial charge is 0.550 e. The first-order chi connectivity index (χ1) is 5.04. The van der Waals surface area contributed by atoms with Crippen molar-refractivity contribution in [3.05, 3.63) is 0 Å². The average Bonchev–Trinajstić information content (AvgIpc) is 1.86. The van der Waals surface area contributed by atoms with Crippen LogP contribution in [0.15, 0.2) is 0 Å². The molecule has 1 atom stereocenters. The summed E-state index contributed by atoms with van der Waals surface area (Å²) in [6, 6.07) is -1.07. The Labute approximate surface area is 121 Å². The van der Waals surface area contributed by atoms with Crippen LogP contribution in [-0.2, 0) is 9.59 Å². The van der Waals surface area contributed by atoms with Crippen LogP contribution in [0.1, 0.15) is 19.3 Å². The summed E-state index contributed by atoms with van der Waals surface area (Å²) in [5.74, 6) is -2.56. The first kappa shape index (κ1) is 19.5. The summed E-state index contributed by atoms with van der Waals surface area (Å²) in [6.07, 6.45) is 0.148. The molecular weight excluding hydrogens is 196 g/mol. The number of hydrogen-bond acceptors (Lipinski definition) is 5. The number of carbonyl (C=O) groups excluding carboxylic acids is 2. The molecule has 0 fully saturated rings. The van der Waals surface area contributed by atoms with Gasteiger partial charge in [-0.1, -0.05) is 0 Å². The molecule has 0 saturated carbocycles. The first-order valence-corrected chi connectivity index (χ1v) is 3.20. The van der Waals surface area contributed by atoms with Crippen molar-refractivity contribution in [2.75, 3.05) is 0 Å². The minimum absolute atomic E-state index is 0. The van der Waals surface area contributed by atoms with Gasteiger partial charge in [0.1, 0.15) is 0 Å². The number of hydrogen-bond donors (Lipinski definition) is 1. The Morgan fingerprint density at radius 3 is 2.00 bits per heavy atom. The van der Waals surface area contributed by atoms with Gasteiger partial charge in [0.15, 0.2) is 0 Å². The molecule has 0 rings (SSSR count). The van der Waals surface area contributed by atoms with Gasteiger partial charge in [-0.05, 0) is 19.3 Å². The van der Waals surface area contributed by atoms with Crippen molar-refractivity contribution in [1.82, 2.24) is 0 Å². The van der Waals surface area contributed by atoms with Crippen LogP contribution in [0.2, 0.25) is 0 Å². The molecule has 13 heavy (non-hydrogen) atoms. The van der Waals surface area contributed by atoms with Crippen molar-refractivity contribution in [2.45, 2.75) is 25.3 Å². The molecule has 0 aromatic carbocycles. The predicted molar refractivity (Wildman–Crippen MR) is 31.8 cm³/mol. The minimum Gasteiger partial charge on any atom is -0.550 e. The van der Waals surface area contributed by atoms with Crippen LogP contribution in [0.25, 0.3) is 0 Å². The molecule has 5 nitrogen and oxygen atoms in total. The van der Waals surface area contributed by atoms with Gasteiger partial charge in [0.2, 0.25) is 0 Å². The number of carbonyl (C=O) groups is 2. The van der Waals surface area contributed by atoms with Crippen LogP contribution in [0.3, 0.4) is 0 Å². The minimum atomic E-state index is -1.36. The van der Waals surface area contributed by atoms with E-state index >= 15 is 0 Å². The zero-order chi connectivity index (χ0) is 8.85.